The van der Waals surface area contributed by atoms with Crippen molar-refractivity contribution in [3.05, 3.63) is 23.3 Å². The molecular formula is C17H20N4O3S. The van der Waals surface area contributed by atoms with E-state index in [1.54, 1.807) is 12.3 Å². The highest BCUT2D eigenvalue weighted by atomic mass is 32.1. The van der Waals surface area contributed by atoms with Crippen molar-refractivity contribution in [1.29, 1.82) is 0 Å². The number of ether oxygens (including phenoxy) is 1. The lowest BCUT2D eigenvalue weighted by Gasteiger charge is -2.26. The summed E-state index contributed by atoms with van der Waals surface area (Å²) in [6.45, 7) is 0. The van der Waals surface area contributed by atoms with Gasteiger partial charge in [0.25, 0.3) is 0 Å². The first-order chi connectivity index (χ1) is 12.1. The maximum atomic E-state index is 12.6. The molecule has 4 atom stereocenters. The van der Waals surface area contributed by atoms with Crippen molar-refractivity contribution < 1.29 is 14.3 Å². The van der Waals surface area contributed by atoms with Gasteiger partial charge in [0.05, 0.1) is 18.7 Å². The summed E-state index contributed by atoms with van der Waals surface area (Å²) >= 11 is 1.36. The van der Waals surface area contributed by atoms with Crippen LogP contribution in [0.3, 0.4) is 0 Å². The summed E-state index contributed by atoms with van der Waals surface area (Å²) in [5, 5.41) is 5.32. The standard InChI is InChI=1S/C17H20N4O3S/c1-24-16(23)11-5-10(6-19-11)12-7-25-17(20-12)21-15(22)13-8-2-3-9(4-8)14(13)18/h5-9,13-14,19H,2-4,18H2,1H3,(H,20,21,22). The number of anilines is 1. The lowest BCUT2D eigenvalue weighted by Crippen LogP contribution is -2.42. The second-order valence-electron chi connectivity index (χ2n) is 6.76. The number of nitrogens with two attached hydrogens (primary N) is 1. The molecule has 2 aromatic rings. The number of carbonyl (C=O) groups excluding carboxylic acids is 2. The zero-order valence-corrected chi connectivity index (χ0v) is 14.6. The lowest BCUT2D eigenvalue weighted by molar-refractivity contribution is -0.121. The molecule has 2 aromatic heterocycles. The van der Waals surface area contributed by atoms with Crippen LogP contribution < -0.4 is 11.1 Å². The third-order valence-electron chi connectivity index (χ3n) is 5.40. The van der Waals surface area contributed by atoms with Crippen molar-refractivity contribution in [1.82, 2.24) is 9.97 Å². The van der Waals surface area contributed by atoms with E-state index in [-0.39, 0.29) is 17.9 Å². The maximum absolute atomic E-state index is 12.6. The van der Waals surface area contributed by atoms with Crippen molar-refractivity contribution in [3.8, 4) is 11.3 Å². The van der Waals surface area contributed by atoms with Gasteiger partial charge < -0.3 is 20.8 Å². The smallest absolute Gasteiger partial charge is 0.354 e. The van der Waals surface area contributed by atoms with Crippen LogP contribution in [-0.4, -0.2) is 35.0 Å². The minimum atomic E-state index is -0.430. The number of methoxy groups -OCH3 is 1. The molecule has 0 spiro atoms. The first-order valence-corrected chi connectivity index (χ1v) is 9.24. The van der Waals surface area contributed by atoms with Crippen molar-refractivity contribution >= 4 is 28.3 Å². The molecule has 2 bridgehead atoms. The molecule has 4 unspecified atom stereocenters. The molecule has 4 rings (SSSR count). The van der Waals surface area contributed by atoms with Gasteiger partial charge in [0.2, 0.25) is 5.91 Å². The summed E-state index contributed by atoms with van der Waals surface area (Å²) in [5.41, 5.74) is 8.07. The predicted octanol–water partition coefficient (Wildman–Crippen LogP) is 2.24. The Labute approximate surface area is 149 Å². The summed E-state index contributed by atoms with van der Waals surface area (Å²) in [5.74, 6) is 0.338. The van der Waals surface area contributed by atoms with Crippen molar-refractivity contribution in [2.24, 2.45) is 23.5 Å². The van der Waals surface area contributed by atoms with E-state index in [9.17, 15) is 9.59 Å². The monoisotopic (exact) mass is 360 g/mol. The molecule has 0 radical (unpaired) electrons. The van der Waals surface area contributed by atoms with Gasteiger partial charge in [0, 0.05) is 23.2 Å². The van der Waals surface area contributed by atoms with Crippen LogP contribution in [0.25, 0.3) is 11.3 Å². The Morgan fingerprint density at radius 2 is 2.20 bits per heavy atom. The van der Waals surface area contributed by atoms with Crippen molar-refractivity contribution in [3.63, 3.8) is 0 Å². The van der Waals surface area contributed by atoms with Gasteiger partial charge in [-0.1, -0.05) is 0 Å². The molecule has 2 aliphatic carbocycles. The van der Waals surface area contributed by atoms with Gasteiger partial charge in [0.15, 0.2) is 5.13 Å². The molecule has 25 heavy (non-hydrogen) atoms. The van der Waals surface area contributed by atoms with Gasteiger partial charge >= 0.3 is 5.97 Å². The van der Waals surface area contributed by atoms with Gasteiger partial charge in [-0.2, -0.15) is 0 Å². The number of amides is 1. The number of thiazole rings is 1. The normalized spacial score (nSPS) is 27.4. The summed E-state index contributed by atoms with van der Waals surface area (Å²) in [7, 11) is 1.33. The minimum absolute atomic E-state index is 0.0232. The summed E-state index contributed by atoms with van der Waals surface area (Å²) < 4.78 is 4.68. The number of aromatic nitrogens is 2. The minimum Gasteiger partial charge on any atom is -0.464 e. The quantitative estimate of drug-likeness (QED) is 0.724. The second-order valence-corrected chi connectivity index (χ2v) is 7.62. The fraction of sp³-hybridized carbons (Fsp3) is 0.471. The van der Waals surface area contributed by atoms with Gasteiger partial charge in [-0.25, -0.2) is 9.78 Å². The average Bonchev–Trinajstić information content (AvgIpc) is 3.36. The summed E-state index contributed by atoms with van der Waals surface area (Å²) in [4.78, 5) is 31.4. The first kappa shape index (κ1) is 16.3. The fourth-order valence-electron chi connectivity index (χ4n) is 4.15. The lowest BCUT2D eigenvalue weighted by atomic mass is 9.84. The summed E-state index contributed by atoms with van der Waals surface area (Å²) in [6.07, 6.45) is 5.01. The largest absolute Gasteiger partial charge is 0.464 e. The number of nitrogens with zero attached hydrogens (tertiary/aromatic N) is 1. The molecule has 132 valence electrons. The molecule has 2 fully saturated rings. The van der Waals surface area contributed by atoms with Gasteiger partial charge in [-0.15, -0.1) is 11.3 Å². The van der Waals surface area contributed by atoms with Gasteiger partial charge in [-0.3, -0.25) is 4.79 Å². The highest BCUT2D eigenvalue weighted by molar-refractivity contribution is 7.14. The van der Waals surface area contributed by atoms with Crippen molar-refractivity contribution in [2.45, 2.75) is 25.3 Å². The van der Waals surface area contributed by atoms with Crippen LogP contribution in [-0.2, 0) is 9.53 Å². The van der Waals surface area contributed by atoms with Crippen molar-refractivity contribution in [2.75, 3.05) is 12.4 Å². The Kier molecular flexibility index (Phi) is 4.09. The first-order valence-electron chi connectivity index (χ1n) is 8.36. The maximum Gasteiger partial charge on any atom is 0.354 e. The molecule has 0 saturated heterocycles. The average molecular weight is 360 g/mol. The number of H-pyrrole nitrogens is 1. The fourth-order valence-corrected chi connectivity index (χ4v) is 4.87. The number of carbonyl (C=O) groups is 2. The number of nitrogens with one attached hydrogen (secondary N) is 2. The van der Waals surface area contributed by atoms with E-state index in [2.05, 4.69) is 20.0 Å². The number of fused-ring (bicyclic) bond motifs is 2. The highest BCUT2D eigenvalue weighted by Crippen LogP contribution is 2.48. The van der Waals surface area contributed by atoms with Gasteiger partial charge in [-0.05, 0) is 37.2 Å². The molecule has 8 heteroatoms. The van der Waals surface area contributed by atoms with Crippen LogP contribution in [0.15, 0.2) is 17.6 Å². The molecule has 7 nitrogen and oxygen atoms in total. The van der Waals surface area contributed by atoms with Crippen LogP contribution in [0, 0.1) is 17.8 Å². The third kappa shape index (κ3) is 2.85. The van der Waals surface area contributed by atoms with E-state index in [4.69, 9.17) is 5.73 Å². The van der Waals surface area contributed by atoms with Crippen LogP contribution in [0.5, 0.6) is 0 Å². The number of aromatic amines is 1. The van der Waals surface area contributed by atoms with E-state index >= 15 is 0 Å². The summed E-state index contributed by atoms with van der Waals surface area (Å²) in [6, 6.07) is 1.64. The van der Waals surface area contributed by atoms with E-state index in [1.807, 2.05) is 5.38 Å². The Balaban J connectivity index is 1.46. The topological polar surface area (TPSA) is 110 Å². The molecule has 0 aromatic carbocycles. The SMILES string of the molecule is COC(=O)c1cc(-c2csc(NC(=O)C3C4CCC(C4)C3N)n2)c[nH]1. The zero-order valence-electron chi connectivity index (χ0n) is 13.8. The number of esters is 1. The molecule has 2 aliphatic rings. The molecule has 4 N–H and O–H groups in total. The highest BCUT2D eigenvalue weighted by Gasteiger charge is 2.49. The molecule has 0 aliphatic heterocycles. The second kappa shape index (κ2) is 6.27. The van der Waals surface area contributed by atoms with Gasteiger partial charge in [0.1, 0.15) is 5.69 Å². The Morgan fingerprint density at radius 3 is 2.92 bits per heavy atom. The van der Waals surface area contributed by atoms with Crippen LogP contribution in [0.1, 0.15) is 29.8 Å². The third-order valence-corrected chi connectivity index (χ3v) is 6.16. The molecule has 1 amide bonds. The number of hydrogen-bond donors (Lipinski definition) is 3. The molecular weight excluding hydrogens is 340 g/mol. The Hall–Kier alpha value is -2.19. The van der Waals surface area contributed by atoms with E-state index in [1.165, 1.54) is 18.4 Å². The molecule has 2 heterocycles. The predicted molar refractivity (Wildman–Crippen MR) is 94.2 cm³/mol. The number of rotatable bonds is 4. The van der Waals surface area contributed by atoms with Crippen LogP contribution in [0.4, 0.5) is 5.13 Å². The number of hydrogen-bond acceptors (Lipinski definition) is 6. The molecule has 2 saturated carbocycles. The zero-order chi connectivity index (χ0) is 17.6. The van der Waals surface area contributed by atoms with Crippen LogP contribution >= 0.6 is 11.3 Å². The Bertz CT molecular complexity index is 812. The van der Waals surface area contributed by atoms with E-state index < -0.39 is 5.97 Å². The Morgan fingerprint density at radius 1 is 1.40 bits per heavy atom. The van der Waals surface area contributed by atoms with E-state index in [0.29, 0.717) is 28.4 Å². The van der Waals surface area contributed by atoms with E-state index in [0.717, 1.165) is 24.8 Å². The van der Waals surface area contributed by atoms with Crippen LogP contribution in [0.2, 0.25) is 0 Å².